The Morgan fingerprint density at radius 1 is 1.41 bits per heavy atom. The van der Waals surface area contributed by atoms with Gasteiger partial charge in [0.1, 0.15) is 0 Å². The maximum Gasteiger partial charge on any atom is 0.310 e. The average molecular weight is 231 g/mol. The van der Waals surface area contributed by atoms with Gasteiger partial charge in [0.15, 0.2) is 0 Å². The van der Waals surface area contributed by atoms with Crippen molar-refractivity contribution in [1.82, 2.24) is 0 Å². The van der Waals surface area contributed by atoms with Crippen LogP contribution in [0.2, 0.25) is 0 Å². The van der Waals surface area contributed by atoms with Gasteiger partial charge in [0.25, 0.3) is 0 Å². The third-order valence-corrected chi connectivity index (χ3v) is 2.51. The molecule has 0 aliphatic heterocycles. The van der Waals surface area contributed by atoms with Crippen LogP contribution in [-0.2, 0) is 22.4 Å². The van der Waals surface area contributed by atoms with Crippen molar-refractivity contribution in [1.29, 1.82) is 5.26 Å². The number of hydrogen-bond donors (Lipinski definition) is 0. The van der Waals surface area contributed by atoms with Crippen LogP contribution >= 0.6 is 0 Å². The standard InChI is InChI=1S/C14H17NO2/c1-3-17-14(16)10-13-9-11(2)6-7-12(13)5-4-8-15/h6-7,9H,3-5,10H2,1-2H3. The summed E-state index contributed by atoms with van der Waals surface area (Å²) in [4.78, 5) is 11.5. The number of ether oxygens (including phenoxy) is 1. The minimum Gasteiger partial charge on any atom is -0.466 e. The predicted molar refractivity (Wildman–Crippen MR) is 65.5 cm³/mol. The maximum atomic E-state index is 11.5. The normalized spacial score (nSPS) is 9.71. The Balaban J connectivity index is 2.83. The summed E-state index contributed by atoms with van der Waals surface area (Å²) >= 11 is 0. The summed E-state index contributed by atoms with van der Waals surface area (Å²) in [6.45, 7) is 4.19. The van der Waals surface area contributed by atoms with Crippen molar-refractivity contribution in [2.75, 3.05) is 6.61 Å². The molecule has 0 atom stereocenters. The van der Waals surface area contributed by atoms with E-state index in [4.69, 9.17) is 10.00 Å². The highest BCUT2D eigenvalue weighted by Crippen LogP contribution is 2.15. The molecule has 0 spiro atoms. The first-order chi connectivity index (χ1) is 8.17. The molecule has 3 nitrogen and oxygen atoms in total. The van der Waals surface area contributed by atoms with Gasteiger partial charge >= 0.3 is 5.97 Å². The van der Waals surface area contributed by atoms with Crippen LogP contribution in [0.1, 0.15) is 30.0 Å². The highest BCUT2D eigenvalue weighted by atomic mass is 16.5. The van der Waals surface area contributed by atoms with Gasteiger partial charge in [-0.15, -0.1) is 0 Å². The summed E-state index contributed by atoms with van der Waals surface area (Å²) in [5.74, 6) is -0.212. The van der Waals surface area contributed by atoms with E-state index < -0.39 is 0 Å². The highest BCUT2D eigenvalue weighted by Gasteiger charge is 2.09. The van der Waals surface area contributed by atoms with Gasteiger partial charge in [-0.2, -0.15) is 5.26 Å². The Hall–Kier alpha value is -1.82. The Morgan fingerprint density at radius 3 is 2.82 bits per heavy atom. The summed E-state index contributed by atoms with van der Waals surface area (Å²) < 4.78 is 4.94. The van der Waals surface area contributed by atoms with Crippen LogP contribution in [0.5, 0.6) is 0 Å². The van der Waals surface area contributed by atoms with Gasteiger partial charge in [-0.3, -0.25) is 4.79 Å². The molecule has 17 heavy (non-hydrogen) atoms. The van der Waals surface area contributed by atoms with Gasteiger partial charge in [-0.05, 0) is 31.4 Å². The molecule has 0 unspecified atom stereocenters. The monoisotopic (exact) mass is 231 g/mol. The van der Waals surface area contributed by atoms with Crippen molar-refractivity contribution in [3.05, 3.63) is 34.9 Å². The third kappa shape index (κ3) is 4.28. The molecule has 0 heterocycles. The smallest absolute Gasteiger partial charge is 0.310 e. The molecule has 90 valence electrons. The van der Waals surface area contributed by atoms with Gasteiger partial charge in [0.05, 0.1) is 19.1 Å². The topological polar surface area (TPSA) is 50.1 Å². The lowest BCUT2D eigenvalue weighted by Crippen LogP contribution is -2.09. The zero-order valence-electron chi connectivity index (χ0n) is 10.3. The minimum absolute atomic E-state index is 0.212. The van der Waals surface area contributed by atoms with Crippen molar-refractivity contribution in [2.24, 2.45) is 0 Å². The number of aryl methyl sites for hydroxylation is 2. The molecule has 0 fully saturated rings. The van der Waals surface area contributed by atoms with Crippen molar-refractivity contribution >= 4 is 5.97 Å². The molecular formula is C14H17NO2. The summed E-state index contributed by atoms with van der Waals surface area (Å²) in [6, 6.07) is 8.10. The molecule has 1 rings (SSSR count). The second-order valence-corrected chi connectivity index (χ2v) is 3.91. The van der Waals surface area contributed by atoms with Crippen LogP contribution in [0.4, 0.5) is 0 Å². The lowest BCUT2D eigenvalue weighted by atomic mass is 9.98. The van der Waals surface area contributed by atoms with E-state index in [9.17, 15) is 4.79 Å². The van der Waals surface area contributed by atoms with Crippen LogP contribution in [0.3, 0.4) is 0 Å². The van der Waals surface area contributed by atoms with E-state index in [0.717, 1.165) is 16.7 Å². The number of nitriles is 1. The minimum atomic E-state index is -0.212. The molecule has 0 aromatic heterocycles. The van der Waals surface area contributed by atoms with Crippen LogP contribution in [-0.4, -0.2) is 12.6 Å². The van der Waals surface area contributed by atoms with E-state index in [1.54, 1.807) is 6.92 Å². The summed E-state index contributed by atoms with van der Waals surface area (Å²) in [7, 11) is 0. The highest BCUT2D eigenvalue weighted by molar-refractivity contribution is 5.73. The average Bonchev–Trinajstić information content (AvgIpc) is 2.28. The molecule has 0 N–H and O–H groups in total. The first-order valence-electron chi connectivity index (χ1n) is 5.78. The SMILES string of the molecule is CCOC(=O)Cc1cc(C)ccc1CCC#N. The van der Waals surface area contributed by atoms with Crippen molar-refractivity contribution in [2.45, 2.75) is 33.1 Å². The summed E-state index contributed by atoms with van der Waals surface area (Å²) in [5, 5.41) is 8.60. The first-order valence-corrected chi connectivity index (χ1v) is 5.78. The van der Waals surface area contributed by atoms with Gasteiger partial charge in [0, 0.05) is 6.42 Å². The van der Waals surface area contributed by atoms with E-state index in [1.807, 2.05) is 25.1 Å². The fourth-order valence-electron chi connectivity index (χ4n) is 1.72. The molecule has 0 saturated heterocycles. The largest absolute Gasteiger partial charge is 0.466 e. The van der Waals surface area contributed by atoms with Crippen LogP contribution in [0.15, 0.2) is 18.2 Å². The van der Waals surface area contributed by atoms with Gasteiger partial charge in [-0.25, -0.2) is 0 Å². The molecular weight excluding hydrogens is 214 g/mol. The number of benzene rings is 1. The Morgan fingerprint density at radius 2 is 2.18 bits per heavy atom. The van der Waals surface area contributed by atoms with E-state index >= 15 is 0 Å². The molecule has 0 amide bonds. The second kappa shape index (κ2) is 6.70. The molecule has 0 aliphatic carbocycles. The number of carbonyl (C=O) groups is 1. The molecule has 1 aromatic rings. The van der Waals surface area contributed by atoms with Crippen molar-refractivity contribution in [3.63, 3.8) is 0 Å². The number of nitrogens with zero attached hydrogens (tertiary/aromatic N) is 1. The zero-order chi connectivity index (χ0) is 12.7. The van der Waals surface area contributed by atoms with Crippen molar-refractivity contribution < 1.29 is 9.53 Å². The second-order valence-electron chi connectivity index (χ2n) is 3.91. The molecule has 0 aliphatic rings. The lowest BCUT2D eigenvalue weighted by Gasteiger charge is -2.09. The predicted octanol–water partition coefficient (Wildman–Crippen LogP) is 2.56. The molecule has 0 radical (unpaired) electrons. The molecule has 0 bridgehead atoms. The van der Waals surface area contributed by atoms with Gasteiger partial charge < -0.3 is 4.74 Å². The number of rotatable bonds is 5. The van der Waals surface area contributed by atoms with E-state index in [-0.39, 0.29) is 12.4 Å². The Bertz CT molecular complexity index is 432. The summed E-state index contributed by atoms with van der Waals surface area (Å²) in [6.07, 6.45) is 1.45. The van der Waals surface area contributed by atoms with E-state index in [2.05, 4.69) is 6.07 Å². The molecule has 0 saturated carbocycles. The van der Waals surface area contributed by atoms with Gasteiger partial charge in [0.2, 0.25) is 0 Å². The van der Waals surface area contributed by atoms with Gasteiger partial charge in [-0.1, -0.05) is 23.8 Å². The third-order valence-electron chi connectivity index (χ3n) is 2.51. The van der Waals surface area contributed by atoms with Crippen LogP contribution < -0.4 is 0 Å². The zero-order valence-corrected chi connectivity index (χ0v) is 10.3. The molecule has 3 heteroatoms. The number of carbonyl (C=O) groups excluding carboxylic acids is 1. The maximum absolute atomic E-state index is 11.5. The fraction of sp³-hybridized carbons (Fsp3) is 0.429. The quantitative estimate of drug-likeness (QED) is 0.732. The van der Waals surface area contributed by atoms with Crippen LogP contribution in [0, 0.1) is 18.3 Å². The fourth-order valence-corrected chi connectivity index (χ4v) is 1.72. The Kier molecular flexibility index (Phi) is 5.22. The van der Waals surface area contributed by atoms with E-state index in [0.29, 0.717) is 19.4 Å². The number of hydrogen-bond acceptors (Lipinski definition) is 3. The molecule has 1 aromatic carbocycles. The number of esters is 1. The first kappa shape index (κ1) is 13.2. The summed E-state index contributed by atoms with van der Waals surface area (Å²) in [5.41, 5.74) is 3.15. The van der Waals surface area contributed by atoms with Crippen LogP contribution in [0.25, 0.3) is 0 Å². The van der Waals surface area contributed by atoms with E-state index in [1.165, 1.54) is 0 Å². The lowest BCUT2D eigenvalue weighted by molar-refractivity contribution is -0.142. The Labute approximate surface area is 102 Å². The van der Waals surface area contributed by atoms with Crippen molar-refractivity contribution in [3.8, 4) is 6.07 Å².